The highest BCUT2D eigenvalue weighted by atomic mass is 16.5. The van der Waals surface area contributed by atoms with Crippen LogP contribution in [-0.2, 0) is 14.3 Å². The number of aliphatic hydroxyl groups excluding tert-OH is 1. The standard InChI is InChI=1S/C18H31N3O4/c22-13-17(23)21-9-5-15(6-10-21)20-7-3-14(4-8-20)18(24)19-12-16-2-1-11-25-16/h14-16,22H,1-13H2,(H,19,24)/t16-/m1/s1. The van der Waals surface area contributed by atoms with Crippen molar-refractivity contribution in [2.75, 3.05) is 45.9 Å². The van der Waals surface area contributed by atoms with Gasteiger partial charge in [-0.05, 0) is 51.6 Å². The summed E-state index contributed by atoms with van der Waals surface area (Å²) in [5, 5.41) is 12.0. The second-order valence-electron chi connectivity index (χ2n) is 7.46. The predicted octanol–water partition coefficient (Wildman–Crippen LogP) is -0.0231. The van der Waals surface area contributed by atoms with Gasteiger partial charge in [0, 0.05) is 38.2 Å². The quantitative estimate of drug-likeness (QED) is 0.726. The first kappa shape index (κ1) is 18.6. The number of hydrogen-bond acceptors (Lipinski definition) is 5. The number of carbonyl (C=O) groups excluding carboxylic acids is 2. The molecule has 0 spiro atoms. The molecule has 3 fully saturated rings. The molecule has 142 valence electrons. The normalized spacial score (nSPS) is 26.8. The molecule has 3 heterocycles. The van der Waals surface area contributed by atoms with E-state index in [2.05, 4.69) is 10.2 Å². The number of hydrogen-bond donors (Lipinski definition) is 2. The van der Waals surface area contributed by atoms with Crippen LogP contribution in [-0.4, -0.2) is 84.8 Å². The molecule has 0 saturated carbocycles. The van der Waals surface area contributed by atoms with E-state index in [0.29, 0.717) is 12.6 Å². The number of piperidine rings is 2. The van der Waals surface area contributed by atoms with Crippen LogP contribution in [0.5, 0.6) is 0 Å². The number of aliphatic hydroxyl groups is 1. The Hall–Kier alpha value is -1.18. The largest absolute Gasteiger partial charge is 0.387 e. The summed E-state index contributed by atoms with van der Waals surface area (Å²) in [6, 6.07) is 0.499. The van der Waals surface area contributed by atoms with E-state index in [4.69, 9.17) is 9.84 Å². The third-order valence-electron chi connectivity index (χ3n) is 5.90. The van der Waals surface area contributed by atoms with Gasteiger partial charge >= 0.3 is 0 Å². The fraction of sp³-hybridized carbons (Fsp3) is 0.889. The van der Waals surface area contributed by atoms with Gasteiger partial charge in [0.1, 0.15) is 6.61 Å². The van der Waals surface area contributed by atoms with Gasteiger partial charge in [0.2, 0.25) is 11.8 Å². The third kappa shape index (κ3) is 4.92. The van der Waals surface area contributed by atoms with Crippen LogP contribution in [0.3, 0.4) is 0 Å². The van der Waals surface area contributed by atoms with Gasteiger partial charge in [-0.3, -0.25) is 9.59 Å². The summed E-state index contributed by atoms with van der Waals surface area (Å²) in [7, 11) is 0. The molecule has 0 bridgehead atoms. The van der Waals surface area contributed by atoms with E-state index < -0.39 is 6.61 Å². The van der Waals surface area contributed by atoms with Gasteiger partial charge in [-0.15, -0.1) is 0 Å². The molecule has 0 aromatic rings. The van der Waals surface area contributed by atoms with Crippen molar-refractivity contribution in [1.29, 1.82) is 0 Å². The van der Waals surface area contributed by atoms with Crippen molar-refractivity contribution in [3.63, 3.8) is 0 Å². The van der Waals surface area contributed by atoms with E-state index in [0.717, 1.165) is 71.3 Å². The summed E-state index contributed by atoms with van der Waals surface area (Å²) < 4.78 is 5.55. The summed E-state index contributed by atoms with van der Waals surface area (Å²) in [5.41, 5.74) is 0. The Morgan fingerprint density at radius 1 is 1.04 bits per heavy atom. The topological polar surface area (TPSA) is 82.1 Å². The lowest BCUT2D eigenvalue weighted by atomic mass is 9.92. The molecular formula is C18H31N3O4. The number of likely N-dealkylation sites (tertiary alicyclic amines) is 2. The van der Waals surface area contributed by atoms with Crippen LogP contribution >= 0.6 is 0 Å². The molecule has 25 heavy (non-hydrogen) atoms. The first-order valence-corrected chi connectivity index (χ1v) is 9.69. The Labute approximate surface area is 149 Å². The van der Waals surface area contributed by atoms with Crippen LogP contribution in [0.2, 0.25) is 0 Å². The van der Waals surface area contributed by atoms with Crippen LogP contribution in [0.4, 0.5) is 0 Å². The van der Waals surface area contributed by atoms with Gasteiger partial charge in [0.25, 0.3) is 0 Å². The average Bonchev–Trinajstić information content (AvgIpc) is 3.19. The molecule has 0 radical (unpaired) electrons. The monoisotopic (exact) mass is 353 g/mol. The Bertz CT molecular complexity index is 451. The zero-order chi connectivity index (χ0) is 17.6. The van der Waals surface area contributed by atoms with Crippen LogP contribution in [0.25, 0.3) is 0 Å². The molecule has 3 aliphatic heterocycles. The minimum atomic E-state index is -0.392. The lowest BCUT2D eigenvalue weighted by Crippen LogP contribution is -2.50. The number of nitrogens with zero attached hydrogens (tertiary/aromatic N) is 2. The summed E-state index contributed by atoms with van der Waals surface area (Å²) in [6.07, 6.45) is 6.09. The molecule has 0 unspecified atom stereocenters. The first-order chi connectivity index (χ1) is 12.2. The molecular weight excluding hydrogens is 322 g/mol. The predicted molar refractivity (Wildman–Crippen MR) is 93.0 cm³/mol. The van der Waals surface area contributed by atoms with Crippen molar-refractivity contribution < 1.29 is 19.4 Å². The minimum absolute atomic E-state index is 0.119. The van der Waals surface area contributed by atoms with Crippen molar-refractivity contribution in [1.82, 2.24) is 15.1 Å². The van der Waals surface area contributed by atoms with Gasteiger partial charge in [-0.25, -0.2) is 0 Å². The summed E-state index contributed by atoms with van der Waals surface area (Å²) in [6.45, 7) is 4.44. The van der Waals surface area contributed by atoms with Gasteiger partial charge in [0.05, 0.1) is 6.10 Å². The van der Waals surface area contributed by atoms with Crippen molar-refractivity contribution in [2.45, 2.75) is 50.7 Å². The van der Waals surface area contributed by atoms with E-state index in [1.165, 1.54) is 0 Å². The fourth-order valence-corrected chi connectivity index (χ4v) is 4.27. The van der Waals surface area contributed by atoms with Crippen molar-refractivity contribution in [3.8, 4) is 0 Å². The lowest BCUT2D eigenvalue weighted by Gasteiger charge is -2.41. The van der Waals surface area contributed by atoms with Gasteiger partial charge < -0.3 is 25.0 Å². The molecule has 3 aliphatic rings. The average molecular weight is 353 g/mol. The number of nitrogens with one attached hydrogen (secondary N) is 1. The van der Waals surface area contributed by atoms with E-state index in [-0.39, 0.29) is 23.8 Å². The Morgan fingerprint density at radius 2 is 1.76 bits per heavy atom. The number of amides is 2. The number of carbonyl (C=O) groups is 2. The summed E-state index contributed by atoms with van der Waals surface area (Å²) in [5.74, 6) is 0.132. The second kappa shape index (κ2) is 8.96. The van der Waals surface area contributed by atoms with Gasteiger partial charge in [0.15, 0.2) is 0 Å². The van der Waals surface area contributed by atoms with E-state index in [1.807, 2.05) is 0 Å². The molecule has 0 aliphatic carbocycles. The first-order valence-electron chi connectivity index (χ1n) is 9.69. The summed E-state index contributed by atoms with van der Waals surface area (Å²) in [4.78, 5) is 28.1. The molecule has 1 atom stereocenters. The highest BCUT2D eigenvalue weighted by molar-refractivity contribution is 5.78. The van der Waals surface area contributed by atoms with Crippen molar-refractivity contribution >= 4 is 11.8 Å². The van der Waals surface area contributed by atoms with Gasteiger partial charge in [-0.2, -0.15) is 0 Å². The van der Waals surface area contributed by atoms with Crippen LogP contribution in [0.15, 0.2) is 0 Å². The van der Waals surface area contributed by atoms with E-state index in [1.54, 1.807) is 4.90 Å². The van der Waals surface area contributed by atoms with E-state index in [9.17, 15) is 9.59 Å². The maximum absolute atomic E-state index is 12.3. The SMILES string of the molecule is O=C(NC[C@H]1CCCO1)C1CCN(C2CCN(C(=O)CO)CC2)CC1. The van der Waals surface area contributed by atoms with Crippen LogP contribution in [0, 0.1) is 5.92 Å². The fourth-order valence-electron chi connectivity index (χ4n) is 4.27. The van der Waals surface area contributed by atoms with Gasteiger partial charge in [-0.1, -0.05) is 0 Å². The maximum atomic E-state index is 12.3. The van der Waals surface area contributed by atoms with Crippen LogP contribution < -0.4 is 5.32 Å². The van der Waals surface area contributed by atoms with Crippen molar-refractivity contribution in [2.24, 2.45) is 5.92 Å². The molecule has 3 saturated heterocycles. The molecule has 0 aromatic carbocycles. The Balaban J connectivity index is 1.35. The molecule has 0 aromatic heterocycles. The maximum Gasteiger partial charge on any atom is 0.248 e. The highest BCUT2D eigenvalue weighted by Crippen LogP contribution is 2.24. The number of rotatable bonds is 5. The third-order valence-corrected chi connectivity index (χ3v) is 5.90. The summed E-state index contributed by atoms with van der Waals surface area (Å²) >= 11 is 0. The Kier molecular flexibility index (Phi) is 6.67. The smallest absolute Gasteiger partial charge is 0.248 e. The second-order valence-corrected chi connectivity index (χ2v) is 7.46. The molecule has 7 nitrogen and oxygen atoms in total. The van der Waals surface area contributed by atoms with Crippen molar-refractivity contribution in [3.05, 3.63) is 0 Å². The number of ether oxygens (including phenoxy) is 1. The molecule has 7 heteroatoms. The van der Waals surface area contributed by atoms with E-state index >= 15 is 0 Å². The molecule has 2 N–H and O–H groups in total. The highest BCUT2D eigenvalue weighted by Gasteiger charge is 2.31. The zero-order valence-corrected chi connectivity index (χ0v) is 15.0. The molecule has 3 rings (SSSR count). The molecule has 2 amide bonds. The Morgan fingerprint density at radius 3 is 2.36 bits per heavy atom. The lowest BCUT2D eigenvalue weighted by molar-refractivity contribution is -0.136. The van der Waals surface area contributed by atoms with Crippen LogP contribution in [0.1, 0.15) is 38.5 Å². The zero-order valence-electron chi connectivity index (χ0n) is 15.0. The minimum Gasteiger partial charge on any atom is -0.387 e.